The second-order valence-corrected chi connectivity index (χ2v) is 7.08. The Morgan fingerprint density at radius 1 is 1.14 bits per heavy atom. The molecule has 1 fully saturated rings. The van der Waals surface area contributed by atoms with E-state index >= 15 is 0 Å². The van der Waals surface area contributed by atoms with Gasteiger partial charge in [0.15, 0.2) is 0 Å². The molecule has 8 heteroatoms. The van der Waals surface area contributed by atoms with E-state index in [1.54, 1.807) is 18.2 Å². The third-order valence-electron chi connectivity index (χ3n) is 4.15. The minimum absolute atomic E-state index is 0.212. The van der Waals surface area contributed by atoms with E-state index in [1.807, 2.05) is 25.3 Å². The molecule has 1 atom stereocenters. The molecule has 7 nitrogen and oxygen atoms in total. The highest BCUT2D eigenvalue weighted by atomic mass is 32.1. The molecule has 2 amide bonds. The number of benzene rings is 1. The lowest BCUT2D eigenvalue weighted by molar-refractivity contribution is -0.124. The summed E-state index contributed by atoms with van der Waals surface area (Å²) in [6.45, 7) is 5.12. The van der Waals surface area contributed by atoms with E-state index < -0.39 is 6.10 Å². The minimum atomic E-state index is -0.455. The van der Waals surface area contributed by atoms with Crippen LogP contribution in [0.25, 0.3) is 0 Å². The van der Waals surface area contributed by atoms with E-state index in [0.717, 1.165) is 6.42 Å². The van der Waals surface area contributed by atoms with Crippen LogP contribution in [0.3, 0.4) is 0 Å². The molecule has 1 aromatic carbocycles. The number of anilines is 2. The highest BCUT2D eigenvalue weighted by Crippen LogP contribution is 2.37. The molecule has 0 aliphatic carbocycles. The average molecular weight is 404 g/mol. The molecule has 0 saturated carbocycles. The van der Waals surface area contributed by atoms with Gasteiger partial charge in [-0.3, -0.25) is 9.59 Å². The molecule has 28 heavy (non-hydrogen) atoms. The van der Waals surface area contributed by atoms with Crippen LogP contribution in [0.15, 0.2) is 29.6 Å². The highest BCUT2D eigenvalue weighted by Gasteiger charge is 2.25. The molecular weight excluding hydrogens is 380 g/mol. The molecular formula is C20H24N2O5S. The third-order valence-corrected chi connectivity index (χ3v) is 5.02. The standard InChI is InChI=1S/C20H24N2O5S/c1-3-25-16-12-14(22-20(24)18-8-6-10-28-18)17(26-4-2)11-13(16)21-19(23)15-7-5-9-27-15/h6,8,10-12,15H,3-5,7,9H2,1-2H3,(H,21,23)(H,22,24)/t15-/m0/s1. The predicted octanol–water partition coefficient (Wildman–Crippen LogP) is 3.92. The van der Waals surface area contributed by atoms with Gasteiger partial charge in [0.05, 0.1) is 29.5 Å². The van der Waals surface area contributed by atoms with Crippen molar-refractivity contribution in [3.63, 3.8) is 0 Å². The number of carbonyl (C=O) groups is 2. The number of thiophene rings is 1. The van der Waals surface area contributed by atoms with Crippen LogP contribution in [0.4, 0.5) is 11.4 Å². The van der Waals surface area contributed by atoms with Crippen molar-refractivity contribution < 1.29 is 23.8 Å². The lowest BCUT2D eigenvalue weighted by atomic mass is 10.2. The van der Waals surface area contributed by atoms with Gasteiger partial charge in [-0.15, -0.1) is 11.3 Å². The fourth-order valence-corrected chi connectivity index (χ4v) is 3.51. The topological polar surface area (TPSA) is 85.9 Å². The van der Waals surface area contributed by atoms with Crippen LogP contribution in [0.2, 0.25) is 0 Å². The molecule has 1 aromatic heterocycles. The molecule has 150 valence electrons. The number of hydrogen-bond acceptors (Lipinski definition) is 6. The number of ether oxygens (including phenoxy) is 3. The van der Waals surface area contributed by atoms with Crippen molar-refractivity contribution in [2.75, 3.05) is 30.5 Å². The Morgan fingerprint density at radius 2 is 1.82 bits per heavy atom. The molecule has 0 unspecified atom stereocenters. The van der Waals surface area contributed by atoms with Crippen molar-refractivity contribution in [3.8, 4) is 11.5 Å². The first kappa shape index (κ1) is 20.2. The zero-order chi connectivity index (χ0) is 19.9. The molecule has 2 heterocycles. The SMILES string of the molecule is CCOc1cc(NC(=O)[C@@H]2CCCO2)c(OCC)cc1NC(=O)c1cccs1. The maximum atomic E-state index is 12.5. The Kier molecular flexibility index (Phi) is 6.89. The second kappa shape index (κ2) is 9.57. The monoisotopic (exact) mass is 404 g/mol. The summed E-state index contributed by atoms with van der Waals surface area (Å²) in [5.41, 5.74) is 0.971. The maximum Gasteiger partial charge on any atom is 0.265 e. The van der Waals surface area contributed by atoms with Gasteiger partial charge in [-0.1, -0.05) is 6.07 Å². The van der Waals surface area contributed by atoms with Gasteiger partial charge in [0, 0.05) is 18.7 Å². The van der Waals surface area contributed by atoms with Crippen LogP contribution in [0, 0.1) is 0 Å². The summed E-state index contributed by atoms with van der Waals surface area (Å²) in [6, 6.07) is 6.91. The average Bonchev–Trinajstić information content (AvgIpc) is 3.39. The summed E-state index contributed by atoms with van der Waals surface area (Å²) >= 11 is 1.35. The summed E-state index contributed by atoms with van der Waals surface area (Å²) in [5.74, 6) is 0.475. The van der Waals surface area contributed by atoms with Gasteiger partial charge < -0.3 is 24.8 Å². The van der Waals surface area contributed by atoms with Crippen LogP contribution in [-0.2, 0) is 9.53 Å². The van der Waals surface area contributed by atoms with Crippen LogP contribution < -0.4 is 20.1 Å². The summed E-state index contributed by atoms with van der Waals surface area (Å²) in [4.78, 5) is 25.5. The number of carbonyl (C=O) groups excluding carboxylic acids is 2. The minimum Gasteiger partial charge on any atom is -0.492 e. The first-order chi connectivity index (χ1) is 13.6. The largest absolute Gasteiger partial charge is 0.492 e. The lowest BCUT2D eigenvalue weighted by Gasteiger charge is -2.18. The maximum absolute atomic E-state index is 12.5. The van der Waals surface area contributed by atoms with E-state index in [4.69, 9.17) is 14.2 Å². The summed E-state index contributed by atoms with van der Waals surface area (Å²) in [7, 11) is 0. The van der Waals surface area contributed by atoms with E-state index in [-0.39, 0.29) is 11.8 Å². The van der Waals surface area contributed by atoms with E-state index in [9.17, 15) is 9.59 Å². The van der Waals surface area contributed by atoms with Crippen molar-refractivity contribution in [2.24, 2.45) is 0 Å². The van der Waals surface area contributed by atoms with Crippen LogP contribution in [-0.4, -0.2) is 37.7 Å². The molecule has 2 aromatic rings. The van der Waals surface area contributed by atoms with Gasteiger partial charge in [-0.05, 0) is 38.1 Å². The fraction of sp³-hybridized carbons (Fsp3) is 0.400. The summed E-state index contributed by atoms with van der Waals surface area (Å²) in [5, 5.41) is 7.57. The number of amides is 2. The van der Waals surface area contributed by atoms with E-state index in [0.29, 0.717) is 54.0 Å². The van der Waals surface area contributed by atoms with Gasteiger partial charge >= 0.3 is 0 Å². The molecule has 1 saturated heterocycles. The molecule has 0 radical (unpaired) electrons. The summed E-state index contributed by atoms with van der Waals surface area (Å²) in [6.07, 6.45) is 1.11. The highest BCUT2D eigenvalue weighted by molar-refractivity contribution is 7.12. The van der Waals surface area contributed by atoms with Crippen molar-refractivity contribution in [2.45, 2.75) is 32.8 Å². The summed E-state index contributed by atoms with van der Waals surface area (Å²) < 4.78 is 16.8. The zero-order valence-corrected chi connectivity index (χ0v) is 16.8. The van der Waals surface area contributed by atoms with E-state index in [1.165, 1.54) is 11.3 Å². The van der Waals surface area contributed by atoms with Crippen molar-refractivity contribution in [1.82, 2.24) is 0 Å². The first-order valence-electron chi connectivity index (χ1n) is 9.33. The molecule has 1 aliphatic heterocycles. The molecule has 2 N–H and O–H groups in total. The molecule has 1 aliphatic rings. The Morgan fingerprint density at radius 3 is 2.36 bits per heavy atom. The molecule has 0 spiro atoms. The Labute approximate surface area is 168 Å². The number of rotatable bonds is 8. The van der Waals surface area contributed by atoms with Gasteiger partial charge in [0.1, 0.15) is 17.6 Å². The Balaban J connectivity index is 1.87. The lowest BCUT2D eigenvalue weighted by Crippen LogP contribution is -2.27. The molecule has 3 rings (SSSR count). The van der Waals surface area contributed by atoms with Crippen molar-refractivity contribution in [3.05, 3.63) is 34.5 Å². The van der Waals surface area contributed by atoms with Gasteiger partial charge in [0.2, 0.25) is 0 Å². The van der Waals surface area contributed by atoms with Crippen LogP contribution >= 0.6 is 11.3 Å². The van der Waals surface area contributed by atoms with Gasteiger partial charge in [-0.2, -0.15) is 0 Å². The van der Waals surface area contributed by atoms with E-state index in [2.05, 4.69) is 10.6 Å². The van der Waals surface area contributed by atoms with Gasteiger partial charge in [0.25, 0.3) is 11.8 Å². The Bertz CT molecular complexity index is 816. The predicted molar refractivity (Wildman–Crippen MR) is 109 cm³/mol. The van der Waals surface area contributed by atoms with Crippen molar-refractivity contribution in [1.29, 1.82) is 0 Å². The first-order valence-corrected chi connectivity index (χ1v) is 10.2. The number of hydrogen-bond donors (Lipinski definition) is 2. The zero-order valence-electron chi connectivity index (χ0n) is 15.9. The second-order valence-electron chi connectivity index (χ2n) is 6.13. The Hall–Kier alpha value is -2.58. The van der Waals surface area contributed by atoms with Crippen LogP contribution in [0.1, 0.15) is 36.4 Å². The molecule has 0 bridgehead atoms. The quantitative estimate of drug-likeness (QED) is 0.697. The smallest absolute Gasteiger partial charge is 0.265 e. The third kappa shape index (κ3) is 4.82. The van der Waals surface area contributed by atoms with Crippen LogP contribution in [0.5, 0.6) is 11.5 Å². The van der Waals surface area contributed by atoms with Gasteiger partial charge in [-0.25, -0.2) is 0 Å². The van der Waals surface area contributed by atoms with Crippen molar-refractivity contribution >= 4 is 34.5 Å². The number of nitrogens with one attached hydrogen (secondary N) is 2. The fourth-order valence-electron chi connectivity index (χ4n) is 2.89. The normalized spacial score (nSPS) is 15.9.